The van der Waals surface area contributed by atoms with E-state index in [2.05, 4.69) is 53.7 Å². The molecule has 0 fully saturated rings. The van der Waals surface area contributed by atoms with Gasteiger partial charge in [-0.1, -0.05) is 61.9 Å². The Hall–Kier alpha value is -5.16. The number of fused-ring (bicyclic) bond motifs is 3. The number of nitrogens with zero attached hydrogens (tertiary/aromatic N) is 4. The monoisotopic (exact) mass is 565 g/mol. The van der Waals surface area contributed by atoms with Crippen molar-refractivity contribution in [1.29, 1.82) is 0 Å². The predicted molar refractivity (Wildman–Crippen MR) is 176 cm³/mol. The van der Waals surface area contributed by atoms with Crippen LogP contribution in [0.1, 0.15) is 40.5 Å². The Balaban J connectivity index is 1.32. The molecule has 3 heterocycles. The number of hydrogen-bond acceptors (Lipinski definition) is 3. The van der Waals surface area contributed by atoms with E-state index in [0.29, 0.717) is 17.1 Å². The van der Waals surface area contributed by atoms with Crippen molar-refractivity contribution < 1.29 is 8.85 Å². The molecule has 0 saturated carbocycles. The van der Waals surface area contributed by atoms with Crippen LogP contribution in [0, 0.1) is 13.8 Å². The van der Waals surface area contributed by atoms with Crippen LogP contribution >= 0.6 is 0 Å². The molecule has 0 aliphatic rings. The van der Waals surface area contributed by atoms with Crippen LogP contribution in [0.2, 0.25) is 0 Å². The van der Waals surface area contributed by atoms with Crippen molar-refractivity contribution in [2.45, 2.75) is 40.5 Å². The molecule has 0 N–H and O–H groups in total. The van der Waals surface area contributed by atoms with Crippen molar-refractivity contribution in [2.75, 3.05) is 0 Å². The van der Waals surface area contributed by atoms with Gasteiger partial charge in [0, 0.05) is 38.8 Å². The number of rotatable bonds is 7. The Kier molecular flexibility index (Phi) is 5.94. The second-order valence-corrected chi connectivity index (χ2v) is 10.8. The molecule has 5 heteroatoms. The Morgan fingerprint density at radius 2 is 1.60 bits per heavy atom. The molecule has 4 aromatic carbocycles. The van der Waals surface area contributed by atoms with Crippen molar-refractivity contribution >= 4 is 21.8 Å². The van der Waals surface area contributed by atoms with Gasteiger partial charge in [0.1, 0.15) is 17.3 Å². The van der Waals surface area contributed by atoms with E-state index >= 15 is 0 Å². The summed E-state index contributed by atoms with van der Waals surface area (Å²) in [6, 6.07) is 33.7. The van der Waals surface area contributed by atoms with E-state index in [4.69, 9.17) is 13.9 Å². The van der Waals surface area contributed by atoms with Crippen LogP contribution in [0.3, 0.4) is 0 Å². The van der Waals surface area contributed by atoms with Gasteiger partial charge < -0.3 is 4.74 Å². The lowest BCUT2D eigenvalue weighted by molar-refractivity contribution is 0.482. The van der Waals surface area contributed by atoms with Gasteiger partial charge in [0.05, 0.1) is 28.1 Å². The molecule has 0 spiro atoms. The van der Waals surface area contributed by atoms with Gasteiger partial charge in [-0.2, -0.15) is 5.10 Å². The second-order valence-electron chi connectivity index (χ2n) is 10.8. The Bertz CT molecular complexity index is 2210. The summed E-state index contributed by atoms with van der Waals surface area (Å²) in [4.78, 5) is 4.67. The van der Waals surface area contributed by atoms with Crippen LogP contribution in [0.5, 0.6) is 11.5 Å². The molecule has 0 unspecified atom stereocenters. The molecular formula is C38H34N4O. The maximum atomic E-state index is 7.98. The Labute approximate surface area is 256 Å². The van der Waals surface area contributed by atoms with Crippen molar-refractivity contribution in [3.8, 4) is 34.1 Å². The minimum atomic E-state index is -2.20. The fourth-order valence-corrected chi connectivity index (χ4v) is 6.00. The Morgan fingerprint density at radius 3 is 2.40 bits per heavy atom. The smallest absolute Gasteiger partial charge is 0.137 e. The summed E-state index contributed by atoms with van der Waals surface area (Å²) in [5.74, 6) is 2.11. The fraction of sp³-hybridized carbons (Fsp3) is 0.158. The molecular weight excluding hydrogens is 528 g/mol. The molecule has 43 heavy (non-hydrogen) atoms. The third kappa shape index (κ3) is 4.77. The van der Waals surface area contributed by atoms with E-state index in [0.717, 1.165) is 63.1 Å². The average molecular weight is 566 g/mol. The number of benzene rings is 4. The summed E-state index contributed by atoms with van der Waals surface area (Å²) in [5.41, 5.74) is 8.68. The van der Waals surface area contributed by atoms with Crippen molar-refractivity contribution in [3.05, 3.63) is 132 Å². The number of pyridine rings is 1. The zero-order valence-electron chi connectivity index (χ0n) is 27.5. The third-order valence-electron chi connectivity index (χ3n) is 7.95. The third-order valence-corrected chi connectivity index (χ3v) is 7.95. The maximum Gasteiger partial charge on any atom is 0.137 e. The van der Waals surface area contributed by atoms with Gasteiger partial charge in [-0.05, 0) is 86.3 Å². The molecule has 0 aliphatic heterocycles. The summed E-state index contributed by atoms with van der Waals surface area (Å²) < 4.78 is 34.5. The highest BCUT2D eigenvalue weighted by molar-refractivity contribution is 6.09. The topological polar surface area (TPSA) is 44.9 Å². The highest BCUT2D eigenvalue weighted by atomic mass is 16.5. The molecule has 0 radical (unpaired) electrons. The molecule has 7 rings (SSSR count). The maximum absolute atomic E-state index is 7.98. The van der Waals surface area contributed by atoms with Crippen molar-refractivity contribution in [3.63, 3.8) is 0 Å². The van der Waals surface area contributed by atoms with Gasteiger partial charge in [-0.15, -0.1) is 0 Å². The van der Waals surface area contributed by atoms with E-state index in [1.807, 2.05) is 72.3 Å². The van der Waals surface area contributed by atoms with Gasteiger partial charge in [0.25, 0.3) is 0 Å². The molecule has 0 atom stereocenters. The lowest BCUT2D eigenvalue weighted by atomic mass is 10.0. The molecule has 0 saturated heterocycles. The van der Waals surface area contributed by atoms with Crippen LogP contribution in [0.15, 0.2) is 109 Å². The van der Waals surface area contributed by atoms with Crippen molar-refractivity contribution in [1.82, 2.24) is 19.3 Å². The number of hydrogen-bond donors (Lipinski definition) is 0. The number of aryl methyl sites for hydroxylation is 3. The molecule has 7 aromatic rings. The predicted octanol–water partition coefficient (Wildman–Crippen LogP) is 9.57. The minimum absolute atomic E-state index is 0.306. The van der Waals surface area contributed by atoms with Gasteiger partial charge in [0.15, 0.2) is 0 Å². The Morgan fingerprint density at radius 1 is 0.744 bits per heavy atom. The van der Waals surface area contributed by atoms with Crippen molar-refractivity contribution in [2.24, 2.45) is 0 Å². The lowest BCUT2D eigenvalue weighted by Crippen LogP contribution is -2.02. The van der Waals surface area contributed by atoms with Gasteiger partial charge >= 0.3 is 0 Å². The second kappa shape index (κ2) is 10.9. The first kappa shape index (κ1) is 23.4. The van der Waals surface area contributed by atoms with Gasteiger partial charge in [0.2, 0.25) is 0 Å². The summed E-state index contributed by atoms with van der Waals surface area (Å²) in [7, 11) is 0. The SMILES string of the molecule is [2H]C([2H])([2H])c1ccc2c(c1)c1ccc(Oc3cccc(-n4nc(CC)c(-c5ccccc5)c4CC)c3)cc1n2-c1cc(C)ccn1. The van der Waals surface area contributed by atoms with E-state index in [1.165, 1.54) is 11.1 Å². The number of ether oxygens (including phenoxy) is 1. The quantitative estimate of drug-likeness (QED) is 0.193. The fourth-order valence-electron chi connectivity index (χ4n) is 6.00. The molecule has 3 aromatic heterocycles. The first-order chi connectivity index (χ1) is 22.2. The minimum Gasteiger partial charge on any atom is -0.457 e. The molecule has 5 nitrogen and oxygen atoms in total. The average Bonchev–Trinajstić information content (AvgIpc) is 3.60. The summed E-state index contributed by atoms with van der Waals surface area (Å²) in [6.45, 7) is 4.13. The van der Waals surface area contributed by atoms with Crippen LogP contribution < -0.4 is 4.74 Å². The van der Waals surface area contributed by atoms with Gasteiger partial charge in [-0.25, -0.2) is 9.67 Å². The van der Waals surface area contributed by atoms with E-state index < -0.39 is 6.85 Å². The van der Waals surface area contributed by atoms with E-state index in [-0.39, 0.29) is 0 Å². The summed E-state index contributed by atoms with van der Waals surface area (Å²) in [6.07, 6.45) is 3.45. The first-order valence-corrected chi connectivity index (χ1v) is 14.7. The largest absolute Gasteiger partial charge is 0.457 e. The van der Waals surface area contributed by atoms with E-state index in [9.17, 15) is 0 Å². The normalized spacial score (nSPS) is 12.8. The highest BCUT2D eigenvalue weighted by Gasteiger charge is 2.19. The lowest BCUT2D eigenvalue weighted by Gasteiger charge is -2.12. The molecule has 0 aliphatic carbocycles. The van der Waals surface area contributed by atoms with Crippen LogP contribution in [0.25, 0.3) is 44.4 Å². The summed E-state index contributed by atoms with van der Waals surface area (Å²) in [5, 5.41) is 6.83. The zero-order chi connectivity index (χ0) is 32.0. The summed E-state index contributed by atoms with van der Waals surface area (Å²) >= 11 is 0. The van der Waals surface area contributed by atoms with Crippen LogP contribution in [-0.2, 0) is 12.8 Å². The highest BCUT2D eigenvalue weighted by Crippen LogP contribution is 2.36. The van der Waals surface area contributed by atoms with E-state index in [1.54, 1.807) is 18.3 Å². The number of aromatic nitrogens is 4. The van der Waals surface area contributed by atoms with Crippen LogP contribution in [-0.4, -0.2) is 19.3 Å². The molecule has 212 valence electrons. The van der Waals surface area contributed by atoms with Gasteiger partial charge in [-0.3, -0.25) is 4.57 Å². The standard InChI is InChI=1S/C38H34N4O/c1-5-33-38(27-11-8-7-9-12-27)34(6-2)42(40-33)28-13-10-14-29(23-28)43-30-16-17-31-32-21-25(3)15-18-35(32)41(36(31)24-30)37-22-26(4)19-20-39-37/h7-24H,5-6H2,1-4H3/i3D3. The zero-order valence-corrected chi connectivity index (χ0v) is 24.5. The first-order valence-electron chi connectivity index (χ1n) is 16.2. The molecule has 0 bridgehead atoms. The van der Waals surface area contributed by atoms with Crippen LogP contribution in [0.4, 0.5) is 0 Å². The molecule has 0 amide bonds.